The topological polar surface area (TPSA) is 66.8 Å². The van der Waals surface area contributed by atoms with Crippen LogP contribution in [0.1, 0.15) is 29.2 Å². The molecule has 1 atom stereocenters. The Hall–Kier alpha value is -3.78. The van der Waals surface area contributed by atoms with Gasteiger partial charge >= 0.3 is 0 Å². The maximum absolute atomic E-state index is 13.8. The van der Waals surface area contributed by atoms with Gasteiger partial charge in [0.1, 0.15) is 11.6 Å². The summed E-state index contributed by atoms with van der Waals surface area (Å²) >= 11 is 14.1. The van der Waals surface area contributed by atoms with E-state index in [-0.39, 0.29) is 12.1 Å². The standard InChI is InChI=1S/C32H28Cl2N4O2S/c1-19-8-7-17-35-30(19)36-22(4)40-24-15-13-23(14-16-24)18-29-31(39)38(28-12-6-10-26(34)21(28)3)32(41-29)37-27-11-5-9-25(33)20(27)2/h5-18,22H,1-4H3,(H,35,36)/b29-18-,37-32?. The number of aliphatic imine (C=N–C) groups is 1. The molecule has 1 aliphatic rings. The highest BCUT2D eigenvalue weighted by molar-refractivity contribution is 8.19. The number of nitrogens with one attached hydrogen (secondary N) is 1. The Bertz CT molecular complexity index is 1670. The Labute approximate surface area is 254 Å². The van der Waals surface area contributed by atoms with Gasteiger partial charge in [-0.15, -0.1) is 0 Å². The van der Waals surface area contributed by atoms with Gasteiger partial charge in [0.05, 0.1) is 16.3 Å². The van der Waals surface area contributed by atoms with Gasteiger partial charge < -0.3 is 10.1 Å². The van der Waals surface area contributed by atoms with E-state index in [1.165, 1.54) is 11.8 Å². The zero-order chi connectivity index (χ0) is 29.1. The van der Waals surface area contributed by atoms with Crippen LogP contribution in [0.25, 0.3) is 6.08 Å². The van der Waals surface area contributed by atoms with Crippen molar-refractivity contribution in [2.45, 2.75) is 33.9 Å². The molecule has 1 aliphatic heterocycles. The van der Waals surface area contributed by atoms with Crippen molar-refractivity contribution in [2.75, 3.05) is 10.2 Å². The number of pyridine rings is 1. The van der Waals surface area contributed by atoms with Crippen molar-refractivity contribution >= 4 is 69.3 Å². The van der Waals surface area contributed by atoms with Gasteiger partial charge in [0.15, 0.2) is 11.4 Å². The van der Waals surface area contributed by atoms with Crippen LogP contribution in [0.3, 0.4) is 0 Å². The van der Waals surface area contributed by atoms with Crippen molar-refractivity contribution in [3.8, 4) is 5.75 Å². The molecule has 1 fully saturated rings. The SMILES string of the molecule is Cc1cccnc1NC(C)Oc1ccc(/C=C2\SC(=Nc3cccc(Cl)c3C)N(c3cccc(Cl)c3C)C2=O)cc1. The minimum atomic E-state index is -0.289. The molecule has 41 heavy (non-hydrogen) atoms. The highest BCUT2D eigenvalue weighted by Gasteiger charge is 2.36. The van der Waals surface area contributed by atoms with Crippen LogP contribution in [-0.4, -0.2) is 22.3 Å². The van der Waals surface area contributed by atoms with E-state index in [9.17, 15) is 4.79 Å². The molecule has 1 unspecified atom stereocenters. The number of rotatable bonds is 7. The number of anilines is 2. The quantitative estimate of drug-likeness (QED) is 0.169. The third kappa shape index (κ3) is 6.43. The average Bonchev–Trinajstić information content (AvgIpc) is 3.24. The zero-order valence-electron chi connectivity index (χ0n) is 23.0. The fourth-order valence-corrected chi connectivity index (χ4v) is 5.60. The Morgan fingerprint density at radius 3 is 2.39 bits per heavy atom. The van der Waals surface area contributed by atoms with Crippen LogP contribution < -0.4 is 15.0 Å². The lowest BCUT2D eigenvalue weighted by atomic mass is 10.1. The van der Waals surface area contributed by atoms with Gasteiger partial charge in [-0.05, 0) is 110 Å². The monoisotopic (exact) mass is 602 g/mol. The molecule has 3 aromatic carbocycles. The van der Waals surface area contributed by atoms with E-state index in [0.29, 0.717) is 37.2 Å². The van der Waals surface area contributed by atoms with Crippen LogP contribution >= 0.6 is 35.0 Å². The molecule has 1 aromatic heterocycles. The highest BCUT2D eigenvalue weighted by Crippen LogP contribution is 2.40. The Kier molecular flexibility index (Phi) is 8.68. The first-order valence-electron chi connectivity index (χ1n) is 13.0. The van der Waals surface area contributed by atoms with Crippen LogP contribution in [0.5, 0.6) is 5.75 Å². The molecular weight excluding hydrogens is 575 g/mol. The second-order valence-corrected chi connectivity index (χ2v) is 11.4. The molecule has 0 aliphatic carbocycles. The molecule has 5 rings (SSSR count). The summed E-state index contributed by atoms with van der Waals surface area (Å²) in [6, 6.07) is 22.5. The number of aryl methyl sites for hydroxylation is 1. The number of amides is 1. The number of halogens is 2. The number of nitrogens with zero attached hydrogens (tertiary/aromatic N) is 3. The predicted octanol–water partition coefficient (Wildman–Crippen LogP) is 8.96. The van der Waals surface area contributed by atoms with Crippen molar-refractivity contribution in [1.82, 2.24) is 4.98 Å². The van der Waals surface area contributed by atoms with E-state index < -0.39 is 0 Å². The molecular formula is C32H28Cl2N4O2S. The Morgan fingerprint density at radius 2 is 1.66 bits per heavy atom. The molecule has 9 heteroatoms. The lowest BCUT2D eigenvalue weighted by Gasteiger charge is -2.19. The van der Waals surface area contributed by atoms with Crippen molar-refractivity contribution < 1.29 is 9.53 Å². The van der Waals surface area contributed by atoms with Crippen LogP contribution in [0.15, 0.2) is 88.9 Å². The van der Waals surface area contributed by atoms with Gasteiger partial charge in [0, 0.05) is 16.2 Å². The van der Waals surface area contributed by atoms with Gasteiger partial charge in [0.25, 0.3) is 5.91 Å². The molecule has 1 amide bonds. The Balaban J connectivity index is 1.41. The molecule has 208 valence electrons. The van der Waals surface area contributed by atoms with E-state index >= 15 is 0 Å². The minimum Gasteiger partial charge on any atom is -0.471 e. The van der Waals surface area contributed by atoms with Gasteiger partial charge in [-0.25, -0.2) is 9.98 Å². The minimum absolute atomic E-state index is 0.178. The van der Waals surface area contributed by atoms with Gasteiger partial charge in [-0.2, -0.15) is 0 Å². The van der Waals surface area contributed by atoms with Crippen molar-refractivity contribution in [2.24, 2.45) is 4.99 Å². The number of hydrogen-bond acceptors (Lipinski definition) is 6. The van der Waals surface area contributed by atoms with Crippen molar-refractivity contribution in [1.29, 1.82) is 0 Å². The summed E-state index contributed by atoms with van der Waals surface area (Å²) in [5.41, 5.74) is 4.92. The molecule has 2 heterocycles. The van der Waals surface area contributed by atoms with E-state index in [1.54, 1.807) is 17.2 Å². The molecule has 0 spiro atoms. The summed E-state index contributed by atoms with van der Waals surface area (Å²) < 4.78 is 6.03. The van der Waals surface area contributed by atoms with Gasteiger partial charge in [-0.3, -0.25) is 9.69 Å². The largest absolute Gasteiger partial charge is 0.471 e. The molecule has 0 bridgehead atoms. The lowest BCUT2D eigenvalue weighted by Crippen LogP contribution is -2.29. The number of carbonyl (C=O) groups is 1. The summed E-state index contributed by atoms with van der Waals surface area (Å²) in [6.45, 7) is 7.72. The molecule has 0 saturated carbocycles. The highest BCUT2D eigenvalue weighted by atomic mass is 35.5. The average molecular weight is 604 g/mol. The number of carbonyl (C=O) groups excluding carboxylic acids is 1. The van der Waals surface area contributed by atoms with Crippen LogP contribution in [0.2, 0.25) is 10.0 Å². The van der Waals surface area contributed by atoms with Crippen molar-refractivity contribution in [3.63, 3.8) is 0 Å². The maximum atomic E-state index is 13.8. The first-order valence-corrected chi connectivity index (χ1v) is 14.6. The second-order valence-electron chi connectivity index (χ2n) is 9.56. The number of thioether (sulfide) groups is 1. The predicted molar refractivity (Wildman–Crippen MR) is 172 cm³/mol. The normalized spacial score (nSPS) is 16.0. The zero-order valence-corrected chi connectivity index (χ0v) is 25.3. The third-order valence-electron chi connectivity index (χ3n) is 6.58. The third-order valence-corrected chi connectivity index (χ3v) is 8.37. The molecule has 0 radical (unpaired) electrons. The Morgan fingerprint density at radius 1 is 0.951 bits per heavy atom. The number of hydrogen-bond donors (Lipinski definition) is 1. The molecule has 4 aromatic rings. The van der Waals surface area contributed by atoms with Crippen LogP contribution in [0.4, 0.5) is 17.2 Å². The first-order chi connectivity index (χ1) is 19.7. The summed E-state index contributed by atoms with van der Waals surface area (Å²) in [5, 5.41) is 4.99. The summed E-state index contributed by atoms with van der Waals surface area (Å²) in [4.78, 5) is 25.2. The lowest BCUT2D eigenvalue weighted by molar-refractivity contribution is -0.113. The summed E-state index contributed by atoms with van der Waals surface area (Å²) in [5.74, 6) is 1.30. The number of ether oxygens (including phenoxy) is 1. The van der Waals surface area contributed by atoms with Crippen molar-refractivity contribution in [3.05, 3.63) is 116 Å². The summed E-state index contributed by atoms with van der Waals surface area (Å²) in [6.07, 6.45) is 3.31. The van der Waals surface area contributed by atoms with Crippen LogP contribution in [0, 0.1) is 20.8 Å². The number of benzene rings is 3. The van der Waals surface area contributed by atoms with E-state index in [4.69, 9.17) is 32.9 Å². The molecule has 1 saturated heterocycles. The second kappa shape index (κ2) is 12.4. The van der Waals surface area contributed by atoms with E-state index in [2.05, 4.69) is 10.3 Å². The van der Waals surface area contributed by atoms with Gasteiger partial charge in [0.2, 0.25) is 0 Å². The fraction of sp³-hybridized carbons (Fsp3) is 0.156. The number of amidine groups is 1. The van der Waals surface area contributed by atoms with Crippen LogP contribution in [-0.2, 0) is 4.79 Å². The first kappa shape index (κ1) is 28.7. The van der Waals surface area contributed by atoms with E-state index in [1.807, 2.05) is 101 Å². The smallest absolute Gasteiger partial charge is 0.271 e. The van der Waals surface area contributed by atoms with Gasteiger partial charge in [-0.1, -0.05) is 53.5 Å². The molecule has 6 nitrogen and oxygen atoms in total. The van der Waals surface area contributed by atoms with E-state index in [0.717, 1.165) is 28.1 Å². The maximum Gasteiger partial charge on any atom is 0.271 e. The summed E-state index contributed by atoms with van der Waals surface area (Å²) in [7, 11) is 0. The fourth-order valence-electron chi connectivity index (χ4n) is 4.28. The number of aromatic nitrogens is 1. The molecule has 1 N–H and O–H groups in total.